The lowest BCUT2D eigenvalue weighted by Gasteiger charge is -2.56. The van der Waals surface area contributed by atoms with Gasteiger partial charge in [0, 0.05) is 24.7 Å². The summed E-state index contributed by atoms with van der Waals surface area (Å²) in [6.45, 7) is 5.36. The molecule has 1 spiro atoms. The number of carbonyl (C=O) groups excluding carboxylic acids is 1. The molecule has 0 radical (unpaired) electrons. The third-order valence-corrected chi connectivity index (χ3v) is 7.81. The molecule has 2 aliphatic heterocycles. The minimum atomic E-state index is -0.229. The Labute approximate surface area is 222 Å². The Bertz CT molecular complexity index is 1350. The monoisotopic (exact) mass is 513 g/mol. The van der Waals surface area contributed by atoms with Crippen molar-refractivity contribution in [1.29, 1.82) is 0 Å². The Kier molecular flexibility index (Phi) is 6.50. The average Bonchev–Trinajstić information content (AvgIpc) is 2.85. The number of halogens is 1. The molecule has 2 saturated heterocycles. The van der Waals surface area contributed by atoms with E-state index in [9.17, 15) is 9.18 Å². The molecule has 3 aliphatic rings. The predicted molar refractivity (Wildman–Crippen MR) is 143 cm³/mol. The summed E-state index contributed by atoms with van der Waals surface area (Å²) < 4.78 is 24.6. The van der Waals surface area contributed by atoms with Crippen molar-refractivity contribution >= 4 is 11.5 Å². The Morgan fingerprint density at radius 3 is 2.32 bits per heavy atom. The molecule has 38 heavy (non-hydrogen) atoms. The highest BCUT2D eigenvalue weighted by molar-refractivity contribution is 5.94. The lowest BCUT2D eigenvalue weighted by Crippen LogP contribution is -2.58. The Morgan fingerprint density at radius 2 is 1.71 bits per heavy atom. The third kappa shape index (κ3) is 4.96. The molecule has 1 aromatic heterocycles. The molecular formula is C31H32FN3O3. The molecule has 3 heterocycles. The van der Waals surface area contributed by atoms with Crippen molar-refractivity contribution in [3.8, 4) is 5.75 Å². The number of hydrogen-bond acceptors (Lipinski definition) is 5. The van der Waals surface area contributed by atoms with Crippen molar-refractivity contribution < 1.29 is 18.7 Å². The topological polar surface area (TPSA) is 63.7 Å². The first-order valence-electron chi connectivity index (χ1n) is 13.1. The van der Waals surface area contributed by atoms with Gasteiger partial charge < -0.3 is 19.7 Å². The van der Waals surface area contributed by atoms with Crippen molar-refractivity contribution in [3.63, 3.8) is 0 Å². The second-order valence-electron chi connectivity index (χ2n) is 11.0. The number of rotatable bonds is 7. The minimum Gasteiger partial charge on any atom is -0.484 e. The number of likely N-dealkylation sites (tertiary alicyclic amines) is 1. The summed E-state index contributed by atoms with van der Waals surface area (Å²) in [5, 5.41) is 3.07. The lowest BCUT2D eigenvalue weighted by molar-refractivity contribution is -0.0798. The van der Waals surface area contributed by atoms with E-state index in [0.717, 1.165) is 42.6 Å². The molecule has 1 atom stereocenters. The quantitative estimate of drug-likeness (QED) is 0.481. The largest absolute Gasteiger partial charge is 0.484 e. The molecule has 1 saturated carbocycles. The Morgan fingerprint density at radius 1 is 1.05 bits per heavy atom. The summed E-state index contributed by atoms with van der Waals surface area (Å²) in [5.74, 6) is 0.132. The van der Waals surface area contributed by atoms with E-state index in [0.29, 0.717) is 29.9 Å². The van der Waals surface area contributed by atoms with Gasteiger partial charge >= 0.3 is 0 Å². The zero-order valence-corrected chi connectivity index (χ0v) is 21.7. The third-order valence-electron chi connectivity index (χ3n) is 7.81. The van der Waals surface area contributed by atoms with Gasteiger partial charge in [-0.25, -0.2) is 4.39 Å². The maximum Gasteiger partial charge on any atom is 0.253 e. The standard InChI is InChI=1S/C31H32FN3O3/c1-20(34-30(36)24-11-27(15-33-14-24)38-28-16-37-17-28)21-3-5-22(6-4-21)29(23-7-9-26(32)10-8-23)25-12-31(13-25)18-35(2)19-31/h3-11,14-15,20,28H,12-13,16-19H2,1-2H3,(H,34,36)/t20-/m1/s1. The molecule has 196 valence electrons. The first kappa shape index (κ1) is 24.8. The van der Waals surface area contributed by atoms with Crippen LogP contribution in [0.2, 0.25) is 0 Å². The van der Waals surface area contributed by atoms with Crippen LogP contribution in [0, 0.1) is 11.2 Å². The van der Waals surface area contributed by atoms with Gasteiger partial charge in [-0.05, 0) is 67.3 Å². The van der Waals surface area contributed by atoms with Gasteiger partial charge in [-0.15, -0.1) is 0 Å². The fraction of sp³-hybridized carbons (Fsp3) is 0.355. The summed E-state index contributed by atoms with van der Waals surface area (Å²) in [4.78, 5) is 19.4. The van der Waals surface area contributed by atoms with Gasteiger partial charge in [-0.2, -0.15) is 0 Å². The van der Waals surface area contributed by atoms with Crippen molar-refractivity contribution in [1.82, 2.24) is 15.2 Å². The van der Waals surface area contributed by atoms with Crippen molar-refractivity contribution in [3.05, 3.63) is 101 Å². The molecule has 6 rings (SSSR count). The lowest BCUT2D eigenvalue weighted by atomic mass is 9.59. The normalized spacial score (nSPS) is 19.2. The number of aromatic nitrogens is 1. The van der Waals surface area contributed by atoms with Crippen molar-refractivity contribution in [2.45, 2.75) is 31.9 Å². The van der Waals surface area contributed by atoms with Gasteiger partial charge in [0.15, 0.2) is 0 Å². The second-order valence-corrected chi connectivity index (χ2v) is 11.0. The molecule has 7 heteroatoms. The van der Waals surface area contributed by atoms with Crippen LogP contribution in [0.3, 0.4) is 0 Å². The van der Waals surface area contributed by atoms with Crippen LogP contribution in [-0.4, -0.2) is 55.2 Å². The van der Waals surface area contributed by atoms with Crippen LogP contribution in [0.5, 0.6) is 5.75 Å². The molecule has 0 unspecified atom stereocenters. The van der Waals surface area contributed by atoms with Crippen LogP contribution < -0.4 is 10.1 Å². The maximum absolute atomic E-state index is 13.7. The van der Waals surface area contributed by atoms with Crippen molar-refractivity contribution in [2.75, 3.05) is 33.4 Å². The van der Waals surface area contributed by atoms with Crippen LogP contribution in [0.15, 0.2) is 72.6 Å². The van der Waals surface area contributed by atoms with E-state index in [2.05, 4.69) is 46.5 Å². The van der Waals surface area contributed by atoms with Gasteiger partial charge in [0.2, 0.25) is 0 Å². The van der Waals surface area contributed by atoms with E-state index in [1.54, 1.807) is 18.5 Å². The highest BCUT2D eigenvalue weighted by Gasteiger charge is 2.49. The van der Waals surface area contributed by atoms with E-state index in [4.69, 9.17) is 9.47 Å². The molecule has 3 aromatic rings. The SMILES string of the molecule is C[C@@H](NC(=O)c1cncc(OC2COC2)c1)c1ccc(C(=C2CC3(C2)CN(C)C3)c2ccc(F)cc2)cc1. The number of hydrogen-bond donors (Lipinski definition) is 1. The fourth-order valence-corrected chi connectivity index (χ4v) is 5.93. The molecule has 1 amide bonds. The maximum atomic E-state index is 13.7. The smallest absolute Gasteiger partial charge is 0.253 e. The number of nitrogens with zero attached hydrogens (tertiary/aromatic N) is 2. The number of benzene rings is 2. The number of amides is 1. The van der Waals surface area contributed by atoms with Crippen LogP contribution in [0.4, 0.5) is 4.39 Å². The molecule has 0 bridgehead atoms. The van der Waals surface area contributed by atoms with E-state index in [1.165, 1.54) is 23.3 Å². The summed E-state index contributed by atoms with van der Waals surface area (Å²) in [7, 11) is 2.16. The molecule has 2 aromatic carbocycles. The number of carbonyl (C=O) groups is 1. The van der Waals surface area contributed by atoms with Gasteiger partial charge in [-0.1, -0.05) is 42.0 Å². The highest BCUT2D eigenvalue weighted by Crippen LogP contribution is 2.54. The first-order chi connectivity index (χ1) is 18.4. The van der Waals surface area contributed by atoms with Gasteiger partial charge in [-0.3, -0.25) is 9.78 Å². The Balaban J connectivity index is 1.17. The molecular weight excluding hydrogens is 481 g/mol. The average molecular weight is 514 g/mol. The van der Waals surface area contributed by atoms with E-state index >= 15 is 0 Å². The summed E-state index contributed by atoms with van der Waals surface area (Å²) in [5.41, 5.74) is 6.66. The number of nitrogens with one attached hydrogen (secondary N) is 1. The minimum absolute atomic E-state index is 0.0165. The summed E-state index contributed by atoms with van der Waals surface area (Å²) in [6, 6.07) is 16.7. The number of allylic oxidation sites excluding steroid dienone is 1. The second kappa shape index (κ2) is 9.97. The van der Waals surface area contributed by atoms with Crippen LogP contribution in [0.25, 0.3) is 5.57 Å². The number of pyridine rings is 1. The van der Waals surface area contributed by atoms with Gasteiger partial charge in [0.05, 0.1) is 31.0 Å². The highest BCUT2D eigenvalue weighted by atomic mass is 19.1. The van der Waals surface area contributed by atoms with E-state index < -0.39 is 0 Å². The van der Waals surface area contributed by atoms with Gasteiger partial charge in [0.1, 0.15) is 17.7 Å². The summed E-state index contributed by atoms with van der Waals surface area (Å²) in [6.07, 6.45) is 5.34. The molecule has 3 fully saturated rings. The molecule has 1 aliphatic carbocycles. The van der Waals surface area contributed by atoms with Crippen LogP contribution >= 0.6 is 0 Å². The van der Waals surface area contributed by atoms with E-state index in [-0.39, 0.29) is 23.9 Å². The van der Waals surface area contributed by atoms with Crippen molar-refractivity contribution in [2.24, 2.45) is 5.41 Å². The Hall–Kier alpha value is -3.55. The zero-order chi connectivity index (χ0) is 26.3. The predicted octanol–water partition coefficient (Wildman–Crippen LogP) is 5.02. The molecule has 1 N–H and O–H groups in total. The fourth-order valence-electron chi connectivity index (χ4n) is 5.93. The molecule has 6 nitrogen and oxygen atoms in total. The van der Waals surface area contributed by atoms with E-state index in [1.807, 2.05) is 19.1 Å². The summed E-state index contributed by atoms with van der Waals surface area (Å²) >= 11 is 0. The number of ether oxygens (including phenoxy) is 2. The van der Waals surface area contributed by atoms with Gasteiger partial charge in [0.25, 0.3) is 5.91 Å². The van der Waals surface area contributed by atoms with Crippen LogP contribution in [0.1, 0.15) is 52.9 Å². The zero-order valence-electron chi connectivity index (χ0n) is 21.7. The van der Waals surface area contributed by atoms with Crippen LogP contribution in [-0.2, 0) is 4.74 Å². The first-order valence-corrected chi connectivity index (χ1v) is 13.1.